The molecule has 0 aliphatic rings. The molecule has 0 radical (unpaired) electrons. The summed E-state index contributed by atoms with van der Waals surface area (Å²) >= 11 is 7.56. The van der Waals surface area contributed by atoms with Gasteiger partial charge in [-0.1, -0.05) is 18.2 Å². The Bertz CT molecular complexity index is 694. The molecule has 5 heteroatoms. The summed E-state index contributed by atoms with van der Waals surface area (Å²) in [4.78, 5) is 10.6. The largest absolute Gasteiger partial charge is 0.340 e. The van der Waals surface area contributed by atoms with Crippen molar-refractivity contribution in [3.63, 3.8) is 0 Å². The molecule has 0 aliphatic carbocycles. The maximum Gasteiger partial charge on any atom is 0.225 e. The molecule has 0 amide bonds. The Morgan fingerprint density at radius 2 is 1.94 bits per heavy atom. The Morgan fingerprint density at radius 1 is 1.17 bits per heavy atom. The van der Waals surface area contributed by atoms with E-state index in [-0.39, 0.29) is 5.28 Å². The van der Waals surface area contributed by atoms with E-state index in [1.165, 1.54) is 4.88 Å². The maximum absolute atomic E-state index is 5.94. The number of thiophene rings is 1. The van der Waals surface area contributed by atoms with Crippen LogP contribution < -0.4 is 5.32 Å². The lowest BCUT2D eigenvalue weighted by molar-refractivity contribution is 1.23. The van der Waals surface area contributed by atoms with Gasteiger partial charge in [0.05, 0.1) is 5.39 Å². The molecular formula is C13H10ClN3S. The van der Waals surface area contributed by atoms with Crippen LogP contribution in [0.25, 0.3) is 10.2 Å². The first kappa shape index (κ1) is 11.4. The number of hydrogen-bond donors (Lipinski definition) is 1. The van der Waals surface area contributed by atoms with Gasteiger partial charge in [-0.05, 0) is 36.7 Å². The van der Waals surface area contributed by atoms with Gasteiger partial charge in [0.15, 0.2) is 0 Å². The van der Waals surface area contributed by atoms with Crippen molar-refractivity contribution in [3.8, 4) is 0 Å². The molecule has 0 aliphatic heterocycles. The number of aryl methyl sites for hydroxylation is 1. The minimum Gasteiger partial charge on any atom is -0.340 e. The van der Waals surface area contributed by atoms with Gasteiger partial charge < -0.3 is 5.32 Å². The van der Waals surface area contributed by atoms with Crippen molar-refractivity contribution in [3.05, 3.63) is 46.6 Å². The number of nitrogens with zero attached hydrogens (tertiary/aromatic N) is 2. The summed E-state index contributed by atoms with van der Waals surface area (Å²) in [7, 11) is 0. The summed E-state index contributed by atoms with van der Waals surface area (Å²) in [6.07, 6.45) is 0. The number of aromatic nitrogens is 2. The third kappa shape index (κ3) is 2.17. The first-order valence-corrected chi connectivity index (χ1v) is 6.67. The number of benzene rings is 1. The van der Waals surface area contributed by atoms with Crippen LogP contribution in [0.3, 0.4) is 0 Å². The van der Waals surface area contributed by atoms with E-state index in [0.29, 0.717) is 0 Å². The number of hydrogen-bond acceptors (Lipinski definition) is 4. The highest BCUT2D eigenvalue weighted by Crippen LogP contribution is 2.31. The summed E-state index contributed by atoms with van der Waals surface area (Å²) < 4.78 is 0. The fourth-order valence-electron chi connectivity index (χ4n) is 1.77. The second-order valence-corrected chi connectivity index (χ2v) is 5.48. The molecule has 0 fully saturated rings. The van der Waals surface area contributed by atoms with E-state index in [1.807, 2.05) is 37.3 Å². The zero-order valence-corrected chi connectivity index (χ0v) is 11.2. The molecule has 1 aromatic carbocycles. The van der Waals surface area contributed by atoms with Crippen LogP contribution in [-0.4, -0.2) is 9.97 Å². The van der Waals surface area contributed by atoms with Gasteiger partial charge >= 0.3 is 0 Å². The SMILES string of the molecule is Cc1cc2c(Nc3ccccc3)nc(Cl)nc2s1. The Balaban J connectivity index is 2.10. The molecule has 3 rings (SSSR count). The second-order valence-electron chi connectivity index (χ2n) is 3.91. The molecule has 0 bridgehead atoms. The summed E-state index contributed by atoms with van der Waals surface area (Å²) in [6, 6.07) is 12.0. The lowest BCUT2D eigenvalue weighted by Gasteiger charge is -2.06. The molecule has 0 unspecified atom stereocenters. The molecule has 0 saturated heterocycles. The van der Waals surface area contributed by atoms with Crippen molar-refractivity contribution in [2.24, 2.45) is 0 Å². The Morgan fingerprint density at radius 3 is 2.72 bits per heavy atom. The van der Waals surface area contributed by atoms with Crippen LogP contribution in [0, 0.1) is 6.92 Å². The van der Waals surface area contributed by atoms with Gasteiger partial charge in [0.2, 0.25) is 5.28 Å². The third-order valence-corrected chi connectivity index (χ3v) is 3.64. The molecule has 0 atom stereocenters. The highest BCUT2D eigenvalue weighted by molar-refractivity contribution is 7.18. The zero-order chi connectivity index (χ0) is 12.5. The predicted molar refractivity (Wildman–Crippen MR) is 76.9 cm³/mol. The van der Waals surface area contributed by atoms with Crippen molar-refractivity contribution >= 4 is 44.7 Å². The number of anilines is 2. The minimum atomic E-state index is 0.266. The Kier molecular flexibility index (Phi) is 2.89. The van der Waals surface area contributed by atoms with E-state index in [1.54, 1.807) is 11.3 Å². The fourth-order valence-corrected chi connectivity index (χ4v) is 2.87. The lowest BCUT2D eigenvalue weighted by Crippen LogP contribution is -1.95. The van der Waals surface area contributed by atoms with Crippen LogP contribution in [0.15, 0.2) is 36.4 Å². The van der Waals surface area contributed by atoms with Crippen molar-refractivity contribution in [2.75, 3.05) is 5.32 Å². The van der Waals surface area contributed by atoms with Crippen LogP contribution in [0.1, 0.15) is 4.88 Å². The van der Waals surface area contributed by atoms with Gasteiger partial charge in [-0.25, -0.2) is 4.98 Å². The molecule has 3 nitrogen and oxygen atoms in total. The van der Waals surface area contributed by atoms with Crippen LogP contribution >= 0.6 is 22.9 Å². The number of halogens is 1. The van der Waals surface area contributed by atoms with Crippen molar-refractivity contribution in [1.82, 2.24) is 9.97 Å². The number of para-hydroxylation sites is 1. The summed E-state index contributed by atoms with van der Waals surface area (Å²) in [5.74, 6) is 0.751. The smallest absolute Gasteiger partial charge is 0.225 e. The van der Waals surface area contributed by atoms with E-state index in [4.69, 9.17) is 11.6 Å². The molecular weight excluding hydrogens is 266 g/mol. The summed E-state index contributed by atoms with van der Waals surface area (Å²) in [5, 5.41) is 4.54. The number of fused-ring (bicyclic) bond motifs is 1. The van der Waals surface area contributed by atoms with Crippen molar-refractivity contribution in [2.45, 2.75) is 6.92 Å². The fraction of sp³-hybridized carbons (Fsp3) is 0.0769. The Labute approximate surface area is 113 Å². The third-order valence-electron chi connectivity index (χ3n) is 2.53. The van der Waals surface area contributed by atoms with Gasteiger partial charge in [0, 0.05) is 10.6 Å². The van der Waals surface area contributed by atoms with E-state index in [9.17, 15) is 0 Å². The predicted octanol–water partition coefficient (Wildman–Crippen LogP) is 4.40. The first-order chi connectivity index (χ1) is 8.72. The minimum absolute atomic E-state index is 0.266. The summed E-state index contributed by atoms with van der Waals surface area (Å²) in [5.41, 5.74) is 0.984. The van der Waals surface area contributed by atoms with Gasteiger partial charge in [-0.15, -0.1) is 11.3 Å². The van der Waals surface area contributed by atoms with E-state index < -0.39 is 0 Å². The van der Waals surface area contributed by atoms with Crippen LogP contribution in [0.2, 0.25) is 5.28 Å². The Hall–Kier alpha value is -1.65. The molecule has 90 valence electrons. The molecule has 0 spiro atoms. The normalized spacial score (nSPS) is 10.8. The zero-order valence-electron chi connectivity index (χ0n) is 9.64. The molecule has 2 heterocycles. The summed E-state index contributed by atoms with van der Waals surface area (Å²) in [6.45, 7) is 2.05. The van der Waals surface area contributed by atoms with Gasteiger partial charge in [-0.3, -0.25) is 0 Å². The van der Waals surface area contributed by atoms with E-state index >= 15 is 0 Å². The van der Waals surface area contributed by atoms with Crippen LogP contribution in [0.5, 0.6) is 0 Å². The molecule has 18 heavy (non-hydrogen) atoms. The van der Waals surface area contributed by atoms with Gasteiger partial charge in [-0.2, -0.15) is 4.98 Å². The first-order valence-electron chi connectivity index (χ1n) is 5.48. The molecule has 3 aromatic rings. The molecule has 2 aromatic heterocycles. The number of nitrogens with one attached hydrogen (secondary N) is 1. The van der Waals surface area contributed by atoms with Crippen LogP contribution in [-0.2, 0) is 0 Å². The molecule has 1 N–H and O–H groups in total. The van der Waals surface area contributed by atoms with Crippen molar-refractivity contribution < 1.29 is 0 Å². The topological polar surface area (TPSA) is 37.8 Å². The van der Waals surface area contributed by atoms with Gasteiger partial charge in [0.1, 0.15) is 10.6 Å². The monoisotopic (exact) mass is 275 g/mol. The second kappa shape index (κ2) is 4.55. The average Bonchev–Trinajstić information content (AvgIpc) is 2.71. The number of rotatable bonds is 2. The average molecular weight is 276 g/mol. The highest BCUT2D eigenvalue weighted by atomic mass is 35.5. The van der Waals surface area contributed by atoms with Crippen molar-refractivity contribution in [1.29, 1.82) is 0 Å². The highest BCUT2D eigenvalue weighted by Gasteiger charge is 2.09. The van der Waals surface area contributed by atoms with E-state index in [2.05, 4.69) is 21.4 Å². The van der Waals surface area contributed by atoms with Gasteiger partial charge in [0.25, 0.3) is 0 Å². The standard InChI is InChI=1S/C13H10ClN3S/c1-8-7-10-11(15-9-5-3-2-4-6-9)16-13(14)17-12(10)18-8/h2-7H,1H3,(H,15,16,17). The maximum atomic E-state index is 5.94. The quantitative estimate of drug-likeness (QED) is 0.705. The van der Waals surface area contributed by atoms with E-state index in [0.717, 1.165) is 21.7 Å². The lowest BCUT2D eigenvalue weighted by atomic mass is 10.3. The molecule has 0 saturated carbocycles. The van der Waals surface area contributed by atoms with Crippen LogP contribution in [0.4, 0.5) is 11.5 Å².